The third-order valence-electron chi connectivity index (χ3n) is 4.66. The standard InChI is InChI=1S/C22H22F4N2O2/c1-2-28-12-16(18-8-3-4-9-19(18)28)11-20(29)27-17-7-5-6-15(10-17)13-30-14-22(25,26)21(23)24/h3-10,12,21H,2,11,13-14H2,1H3,(H,27,29). The van der Waals surface area contributed by atoms with E-state index < -0.39 is 19.0 Å². The van der Waals surface area contributed by atoms with Gasteiger partial charge in [0.25, 0.3) is 0 Å². The molecule has 0 bridgehead atoms. The summed E-state index contributed by atoms with van der Waals surface area (Å²) in [5, 5.41) is 3.79. The summed E-state index contributed by atoms with van der Waals surface area (Å²) in [5.74, 6) is -4.42. The highest BCUT2D eigenvalue weighted by Gasteiger charge is 2.40. The molecule has 0 radical (unpaired) electrons. The highest BCUT2D eigenvalue weighted by Crippen LogP contribution is 2.24. The predicted molar refractivity (Wildman–Crippen MR) is 107 cm³/mol. The number of aromatic nitrogens is 1. The highest BCUT2D eigenvalue weighted by atomic mass is 19.3. The number of halogens is 4. The van der Waals surface area contributed by atoms with Crippen LogP contribution in [0.3, 0.4) is 0 Å². The molecule has 1 N–H and O–H groups in total. The summed E-state index contributed by atoms with van der Waals surface area (Å²) < 4.78 is 57.0. The molecular formula is C22H22F4N2O2. The van der Waals surface area contributed by atoms with Gasteiger partial charge in [-0.2, -0.15) is 8.78 Å². The zero-order valence-corrected chi connectivity index (χ0v) is 16.4. The summed E-state index contributed by atoms with van der Waals surface area (Å²) in [6.07, 6.45) is -1.64. The number of para-hydroxylation sites is 1. The second kappa shape index (κ2) is 9.30. The number of rotatable bonds is 9. The van der Waals surface area contributed by atoms with Gasteiger partial charge in [0.2, 0.25) is 5.91 Å². The van der Waals surface area contributed by atoms with Crippen molar-refractivity contribution in [2.75, 3.05) is 11.9 Å². The minimum atomic E-state index is -4.19. The molecule has 0 aliphatic carbocycles. The number of nitrogens with zero attached hydrogens (tertiary/aromatic N) is 1. The lowest BCUT2D eigenvalue weighted by molar-refractivity contribution is -0.168. The lowest BCUT2D eigenvalue weighted by Crippen LogP contribution is -2.32. The zero-order valence-electron chi connectivity index (χ0n) is 16.4. The molecule has 0 unspecified atom stereocenters. The number of benzene rings is 2. The summed E-state index contributed by atoms with van der Waals surface area (Å²) in [4.78, 5) is 12.5. The Morgan fingerprint density at radius 3 is 2.67 bits per heavy atom. The van der Waals surface area contributed by atoms with Crippen molar-refractivity contribution in [1.82, 2.24) is 4.57 Å². The van der Waals surface area contributed by atoms with E-state index in [9.17, 15) is 22.4 Å². The largest absolute Gasteiger partial charge is 0.370 e. The van der Waals surface area contributed by atoms with Crippen molar-refractivity contribution in [2.24, 2.45) is 0 Å². The van der Waals surface area contributed by atoms with Crippen LogP contribution in [0.4, 0.5) is 23.2 Å². The van der Waals surface area contributed by atoms with Crippen LogP contribution in [-0.2, 0) is 29.1 Å². The quantitative estimate of drug-likeness (QED) is 0.478. The van der Waals surface area contributed by atoms with Crippen LogP contribution in [0.25, 0.3) is 10.9 Å². The number of carbonyl (C=O) groups excluding carboxylic acids is 1. The zero-order chi connectivity index (χ0) is 21.7. The fraction of sp³-hybridized carbons (Fsp3) is 0.318. The van der Waals surface area contributed by atoms with E-state index in [4.69, 9.17) is 4.74 Å². The van der Waals surface area contributed by atoms with Gasteiger partial charge in [-0.05, 0) is 36.2 Å². The fourth-order valence-electron chi connectivity index (χ4n) is 3.21. The number of ether oxygens (including phenoxy) is 1. The van der Waals surface area contributed by atoms with Crippen LogP contribution < -0.4 is 5.32 Å². The maximum absolute atomic E-state index is 12.9. The normalized spacial score (nSPS) is 11.9. The molecule has 3 aromatic rings. The summed E-state index contributed by atoms with van der Waals surface area (Å²) in [5.41, 5.74) is 2.92. The second-order valence-corrected chi connectivity index (χ2v) is 6.94. The minimum absolute atomic E-state index is 0.175. The van der Waals surface area contributed by atoms with Crippen LogP contribution in [0.2, 0.25) is 0 Å². The van der Waals surface area contributed by atoms with Crippen molar-refractivity contribution in [3.8, 4) is 0 Å². The Morgan fingerprint density at radius 2 is 1.93 bits per heavy atom. The Balaban J connectivity index is 1.62. The number of aryl methyl sites for hydroxylation is 1. The molecule has 3 rings (SSSR count). The SMILES string of the molecule is CCn1cc(CC(=O)Nc2cccc(COCC(F)(F)C(F)F)c2)c2ccccc21. The number of hydrogen-bond donors (Lipinski definition) is 1. The fourth-order valence-corrected chi connectivity index (χ4v) is 3.21. The van der Waals surface area contributed by atoms with Gasteiger partial charge in [0.05, 0.1) is 13.0 Å². The molecule has 1 aromatic heterocycles. The maximum Gasteiger partial charge on any atom is 0.330 e. The van der Waals surface area contributed by atoms with Gasteiger partial charge in [0, 0.05) is 29.3 Å². The molecule has 1 amide bonds. The van der Waals surface area contributed by atoms with E-state index >= 15 is 0 Å². The third kappa shape index (κ3) is 5.18. The summed E-state index contributed by atoms with van der Waals surface area (Å²) in [6.45, 7) is 1.18. The molecule has 0 atom stereocenters. The first-order chi connectivity index (χ1) is 14.3. The topological polar surface area (TPSA) is 43.3 Å². The molecule has 0 saturated carbocycles. The second-order valence-electron chi connectivity index (χ2n) is 6.94. The van der Waals surface area contributed by atoms with Crippen molar-refractivity contribution in [2.45, 2.75) is 38.8 Å². The monoisotopic (exact) mass is 422 g/mol. The average molecular weight is 422 g/mol. The number of hydrogen-bond acceptors (Lipinski definition) is 2. The van der Waals surface area contributed by atoms with Gasteiger partial charge in [0.1, 0.15) is 6.61 Å². The van der Waals surface area contributed by atoms with Crippen LogP contribution in [0, 0.1) is 0 Å². The average Bonchev–Trinajstić information content (AvgIpc) is 3.05. The number of nitrogens with one attached hydrogen (secondary N) is 1. The van der Waals surface area contributed by atoms with E-state index in [1.54, 1.807) is 24.3 Å². The van der Waals surface area contributed by atoms with Crippen LogP contribution in [0.15, 0.2) is 54.7 Å². The summed E-state index contributed by atoms with van der Waals surface area (Å²) >= 11 is 0. The molecule has 0 saturated heterocycles. The van der Waals surface area contributed by atoms with Gasteiger partial charge in [-0.1, -0.05) is 30.3 Å². The smallest absolute Gasteiger partial charge is 0.330 e. The minimum Gasteiger partial charge on any atom is -0.370 e. The first-order valence-corrected chi connectivity index (χ1v) is 9.49. The van der Waals surface area contributed by atoms with Gasteiger partial charge in [0.15, 0.2) is 0 Å². The number of fused-ring (bicyclic) bond motifs is 1. The van der Waals surface area contributed by atoms with Crippen molar-refractivity contribution >= 4 is 22.5 Å². The molecule has 30 heavy (non-hydrogen) atoms. The molecule has 4 nitrogen and oxygen atoms in total. The van der Waals surface area contributed by atoms with Crippen molar-refractivity contribution in [3.05, 3.63) is 65.9 Å². The molecule has 0 aliphatic rings. The van der Waals surface area contributed by atoms with Gasteiger partial charge in [-0.15, -0.1) is 0 Å². The Bertz CT molecular complexity index is 1020. The molecule has 0 fully saturated rings. The molecule has 160 valence electrons. The molecule has 8 heteroatoms. The maximum atomic E-state index is 12.9. The van der Waals surface area contributed by atoms with Crippen molar-refractivity contribution in [3.63, 3.8) is 0 Å². The van der Waals surface area contributed by atoms with E-state index in [1.807, 2.05) is 37.4 Å². The third-order valence-corrected chi connectivity index (χ3v) is 4.66. The van der Waals surface area contributed by atoms with Crippen LogP contribution in [-0.4, -0.2) is 29.4 Å². The van der Waals surface area contributed by atoms with Crippen LogP contribution in [0.1, 0.15) is 18.1 Å². The Labute approximate surface area is 171 Å². The number of amides is 1. The number of anilines is 1. The van der Waals surface area contributed by atoms with Crippen LogP contribution >= 0.6 is 0 Å². The van der Waals surface area contributed by atoms with Gasteiger partial charge < -0.3 is 14.6 Å². The van der Waals surface area contributed by atoms with Gasteiger partial charge in [-0.25, -0.2) is 8.78 Å². The Hall–Kier alpha value is -2.87. The highest BCUT2D eigenvalue weighted by molar-refractivity contribution is 5.96. The van der Waals surface area contributed by atoms with E-state index in [2.05, 4.69) is 9.88 Å². The van der Waals surface area contributed by atoms with Crippen molar-refractivity contribution in [1.29, 1.82) is 0 Å². The lowest BCUT2D eigenvalue weighted by atomic mass is 10.1. The first-order valence-electron chi connectivity index (χ1n) is 9.49. The number of carbonyl (C=O) groups is 1. The van der Waals surface area contributed by atoms with E-state index in [1.165, 1.54) is 0 Å². The lowest BCUT2D eigenvalue weighted by Gasteiger charge is -2.15. The molecule has 0 aliphatic heterocycles. The van der Waals surface area contributed by atoms with E-state index in [-0.39, 0.29) is 18.9 Å². The van der Waals surface area contributed by atoms with Crippen LogP contribution in [0.5, 0.6) is 0 Å². The van der Waals surface area contributed by atoms with Gasteiger partial charge in [-0.3, -0.25) is 4.79 Å². The predicted octanol–water partition coefficient (Wildman–Crippen LogP) is 5.26. The van der Waals surface area contributed by atoms with Crippen molar-refractivity contribution < 1.29 is 27.1 Å². The number of alkyl halides is 4. The van der Waals surface area contributed by atoms with E-state index in [0.717, 1.165) is 23.0 Å². The van der Waals surface area contributed by atoms with Gasteiger partial charge >= 0.3 is 12.3 Å². The summed E-state index contributed by atoms with van der Waals surface area (Å²) in [6, 6.07) is 14.3. The summed E-state index contributed by atoms with van der Waals surface area (Å²) in [7, 11) is 0. The van der Waals surface area contributed by atoms with E-state index in [0.29, 0.717) is 11.3 Å². The molecule has 0 spiro atoms. The molecule has 1 heterocycles. The Kier molecular flexibility index (Phi) is 6.77. The molecule has 2 aromatic carbocycles. The molecular weight excluding hydrogens is 400 g/mol. The first kappa shape index (κ1) is 21.8. The Morgan fingerprint density at radius 1 is 1.17 bits per heavy atom.